The van der Waals surface area contributed by atoms with E-state index in [1.807, 2.05) is 53.2 Å². The second-order valence-electron chi connectivity index (χ2n) is 5.65. The van der Waals surface area contributed by atoms with Crippen LogP contribution in [0.15, 0.2) is 36.7 Å². The highest BCUT2D eigenvalue weighted by Crippen LogP contribution is 2.18. The fourth-order valence-electron chi connectivity index (χ4n) is 2.70. The van der Waals surface area contributed by atoms with Gasteiger partial charge in [-0.05, 0) is 55.6 Å². The highest BCUT2D eigenvalue weighted by Gasteiger charge is 2.25. The smallest absolute Gasteiger partial charge is 0.253 e. The van der Waals surface area contributed by atoms with E-state index in [9.17, 15) is 4.79 Å². The van der Waals surface area contributed by atoms with Crippen LogP contribution < -0.4 is 5.73 Å². The van der Waals surface area contributed by atoms with E-state index in [0.29, 0.717) is 12.5 Å². The lowest BCUT2D eigenvalue weighted by Gasteiger charge is -2.16. The van der Waals surface area contributed by atoms with Crippen LogP contribution >= 0.6 is 0 Å². The fraction of sp³-hybridized carbons (Fsp3) is 0.375. The Morgan fingerprint density at radius 2 is 2.14 bits per heavy atom. The quantitative estimate of drug-likeness (QED) is 0.931. The summed E-state index contributed by atoms with van der Waals surface area (Å²) in [5.74, 6) is 0.536. The minimum atomic E-state index is 0.0918. The largest absolute Gasteiger partial charge is 0.338 e. The molecule has 1 saturated heterocycles. The summed E-state index contributed by atoms with van der Waals surface area (Å²) >= 11 is 0. The number of amides is 1. The zero-order chi connectivity index (χ0) is 14.8. The number of aryl methyl sites for hydroxylation is 1. The Kier molecular flexibility index (Phi) is 3.75. The van der Waals surface area contributed by atoms with E-state index < -0.39 is 0 Å². The summed E-state index contributed by atoms with van der Waals surface area (Å²) in [4.78, 5) is 14.3. The summed E-state index contributed by atoms with van der Waals surface area (Å²) < 4.78 is 1.81. The first-order valence-corrected chi connectivity index (χ1v) is 7.28. The highest BCUT2D eigenvalue weighted by atomic mass is 16.2. The normalized spacial score (nSPS) is 18.2. The third-order valence-electron chi connectivity index (χ3n) is 4.00. The Morgan fingerprint density at radius 3 is 2.71 bits per heavy atom. The lowest BCUT2D eigenvalue weighted by Crippen LogP contribution is -2.29. The molecule has 2 N–H and O–H groups in total. The number of aromatic nitrogens is 2. The van der Waals surface area contributed by atoms with E-state index in [1.54, 1.807) is 0 Å². The summed E-state index contributed by atoms with van der Waals surface area (Å²) in [6.07, 6.45) is 4.78. The van der Waals surface area contributed by atoms with Gasteiger partial charge < -0.3 is 10.6 Å². The van der Waals surface area contributed by atoms with Gasteiger partial charge in [0.15, 0.2) is 0 Å². The van der Waals surface area contributed by atoms with Gasteiger partial charge >= 0.3 is 0 Å². The van der Waals surface area contributed by atoms with Crippen LogP contribution in [0, 0.1) is 12.8 Å². The maximum Gasteiger partial charge on any atom is 0.253 e. The maximum absolute atomic E-state index is 12.4. The number of rotatable bonds is 3. The van der Waals surface area contributed by atoms with Crippen molar-refractivity contribution in [2.45, 2.75) is 13.3 Å². The molecular weight excluding hydrogens is 264 g/mol. The van der Waals surface area contributed by atoms with E-state index in [-0.39, 0.29) is 5.91 Å². The van der Waals surface area contributed by atoms with Crippen molar-refractivity contribution in [1.29, 1.82) is 0 Å². The molecule has 0 saturated carbocycles. The third kappa shape index (κ3) is 2.83. The molecular formula is C16H20N4O. The molecule has 2 aromatic rings. The zero-order valence-electron chi connectivity index (χ0n) is 12.2. The maximum atomic E-state index is 12.4. The number of likely N-dealkylation sites (tertiary alicyclic amines) is 1. The molecule has 0 aliphatic carbocycles. The van der Waals surface area contributed by atoms with Crippen molar-refractivity contribution in [3.63, 3.8) is 0 Å². The molecule has 1 atom stereocenters. The molecule has 1 fully saturated rings. The van der Waals surface area contributed by atoms with Gasteiger partial charge in [0.1, 0.15) is 0 Å². The summed E-state index contributed by atoms with van der Waals surface area (Å²) in [6, 6.07) is 7.58. The van der Waals surface area contributed by atoms with Crippen LogP contribution in [0.1, 0.15) is 22.3 Å². The topological polar surface area (TPSA) is 64.2 Å². The first-order valence-electron chi connectivity index (χ1n) is 7.28. The molecule has 0 radical (unpaired) electrons. The molecule has 21 heavy (non-hydrogen) atoms. The molecule has 1 aromatic carbocycles. The Bertz CT molecular complexity index is 632. The minimum Gasteiger partial charge on any atom is -0.338 e. The van der Waals surface area contributed by atoms with Crippen molar-refractivity contribution in [2.24, 2.45) is 11.7 Å². The molecule has 5 nitrogen and oxygen atoms in total. The van der Waals surface area contributed by atoms with Crippen molar-refractivity contribution < 1.29 is 4.79 Å². The third-order valence-corrected chi connectivity index (χ3v) is 4.00. The molecule has 1 aromatic heterocycles. The van der Waals surface area contributed by atoms with Crippen LogP contribution in [-0.4, -0.2) is 40.2 Å². The number of nitrogens with zero attached hydrogens (tertiary/aromatic N) is 3. The fourth-order valence-corrected chi connectivity index (χ4v) is 2.70. The van der Waals surface area contributed by atoms with Gasteiger partial charge in [-0.15, -0.1) is 0 Å². The van der Waals surface area contributed by atoms with Crippen molar-refractivity contribution in [2.75, 3.05) is 19.6 Å². The van der Waals surface area contributed by atoms with Crippen LogP contribution in [0.2, 0.25) is 0 Å². The summed E-state index contributed by atoms with van der Waals surface area (Å²) in [5.41, 5.74) is 8.47. The lowest BCUT2D eigenvalue weighted by atomic mass is 10.1. The zero-order valence-corrected chi connectivity index (χ0v) is 12.2. The first-order chi connectivity index (χ1) is 10.2. The average molecular weight is 284 g/mol. The van der Waals surface area contributed by atoms with E-state index in [2.05, 4.69) is 5.10 Å². The summed E-state index contributed by atoms with van der Waals surface area (Å²) in [5, 5.41) is 4.27. The average Bonchev–Trinajstić information content (AvgIpc) is 3.15. The minimum absolute atomic E-state index is 0.0918. The van der Waals surface area contributed by atoms with Gasteiger partial charge in [-0.3, -0.25) is 4.79 Å². The van der Waals surface area contributed by atoms with E-state index >= 15 is 0 Å². The van der Waals surface area contributed by atoms with Gasteiger partial charge in [0.05, 0.1) is 11.9 Å². The van der Waals surface area contributed by atoms with E-state index in [1.165, 1.54) is 0 Å². The molecule has 1 aliphatic rings. The predicted octanol–water partition coefficient (Wildman–Crippen LogP) is 1.60. The van der Waals surface area contributed by atoms with Crippen LogP contribution in [0.25, 0.3) is 5.69 Å². The van der Waals surface area contributed by atoms with Crippen molar-refractivity contribution >= 4 is 5.91 Å². The molecule has 1 amide bonds. The monoisotopic (exact) mass is 284 g/mol. The second-order valence-corrected chi connectivity index (χ2v) is 5.65. The molecule has 5 heteroatoms. The standard InChI is InChI=1S/C16H20N4O/c1-12-9-18-20(10-12)15-4-2-14(3-5-15)16(21)19-7-6-13(8-17)11-19/h2-5,9-10,13H,6-8,11,17H2,1H3/t13-/m0/s1. The predicted molar refractivity (Wildman–Crippen MR) is 81.4 cm³/mol. The molecule has 0 unspecified atom stereocenters. The number of nitrogens with two attached hydrogens (primary N) is 1. The summed E-state index contributed by atoms with van der Waals surface area (Å²) in [7, 11) is 0. The van der Waals surface area contributed by atoms with Crippen molar-refractivity contribution in [3.05, 3.63) is 47.8 Å². The molecule has 110 valence electrons. The lowest BCUT2D eigenvalue weighted by molar-refractivity contribution is 0.0787. The Hall–Kier alpha value is -2.14. The van der Waals surface area contributed by atoms with Crippen LogP contribution in [0.3, 0.4) is 0 Å². The number of carbonyl (C=O) groups is 1. The van der Waals surface area contributed by atoms with E-state index in [0.717, 1.165) is 36.3 Å². The highest BCUT2D eigenvalue weighted by molar-refractivity contribution is 5.94. The Labute approximate surface area is 124 Å². The molecule has 1 aliphatic heterocycles. The van der Waals surface area contributed by atoms with Crippen LogP contribution in [0.4, 0.5) is 0 Å². The van der Waals surface area contributed by atoms with Crippen molar-refractivity contribution in [1.82, 2.24) is 14.7 Å². The summed E-state index contributed by atoms with van der Waals surface area (Å²) in [6.45, 7) is 4.24. The SMILES string of the molecule is Cc1cnn(-c2ccc(C(=O)N3CC[C@@H](CN)C3)cc2)c1. The first kappa shape index (κ1) is 13.8. The molecule has 0 bridgehead atoms. The molecule has 0 spiro atoms. The van der Waals surface area contributed by atoms with Crippen molar-refractivity contribution in [3.8, 4) is 5.69 Å². The number of carbonyl (C=O) groups excluding carboxylic acids is 1. The van der Waals surface area contributed by atoms with Gasteiger partial charge in [0, 0.05) is 24.8 Å². The van der Waals surface area contributed by atoms with Gasteiger partial charge in [-0.2, -0.15) is 5.10 Å². The number of hydrogen-bond acceptors (Lipinski definition) is 3. The second kappa shape index (κ2) is 5.69. The Balaban J connectivity index is 1.73. The van der Waals surface area contributed by atoms with Crippen LogP contribution in [0.5, 0.6) is 0 Å². The molecule has 3 rings (SSSR count). The Morgan fingerprint density at radius 1 is 1.38 bits per heavy atom. The molecule has 2 heterocycles. The van der Waals surface area contributed by atoms with Gasteiger partial charge in [0.25, 0.3) is 5.91 Å². The van der Waals surface area contributed by atoms with Crippen LogP contribution in [-0.2, 0) is 0 Å². The van der Waals surface area contributed by atoms with Gasteiger partial charge in [0.2, 0.25) is 0 Å². The number of benzene rings is 1. The van der Waals surface area contributed by atoms with Gasteiger partial charge in [-0.1, -0.05) is 0 Å². The number of hydrogen-bond donors (Lipinski definition) is 1. The van der Waals surface area contributed by atoms with Gasteiger partial charge in [-0.25, -0.2) is 4.68 Å². The van der Waals surface area contributed by atoms with E-state index in [4.69, 9.17) is 5.73 Å².